The third kappa shape index (κ3) is 4.55. The number of hydrogen-bond acceptors (Lipinski definition) is 5. The number of hydrogen-bond donors (Lipinski definition) is 1. The molecule has 0 aromatic heterocycles. The first-order valence-corrected chi connectivity index (χ1v) is 9.78. The van der Waals surface area contributed by atoms with Crippen molar-refractivity contribution in [1.29, 1.82) is 0 Å². The summed E-state index contributed by atoms with van der Waals surface area (Å²) in [6, 6.07) is 2.35. The predicted molar refractivity (Wildman–Crippen MR) is 96.8 cm³/mol. The van der Waals surface area contributed by atoms with E-state index in [0.717, 1.165) is 10.4 Å². The maximum absolute atomic E-state index is 14.4. The fourth-order valence-electron chi connectivity index (χ4n) is 2.68. The lowest BCUT2D eigenvalue weighted by molar-refractivity contribution is 0.0559. The van der Waals surface area contributed by atoms with E-state index in [2.05, 4.69) is 10.3 Å². The lowest BCUT2D eigenvalue weighted by Gasteiger charge is -2.36. The van der Waals surface area contributed by atoms with Crippen molar-refractivity contribution in [1.82, 2.24) is 9.62 Å². The Morgan fingerprint density at radius 2 is 1.93 bits per heavy atom. The Hall–Kier alpha value is -2.23. The Labute approximate surface area is 157 Å². The van der Waals surface area contributed by atoms with Crippen LogP contribution in [-0.2, 0) is 20.3 Å². The van der Waals surface area contributed by atoms with E-state index in [1.807, 2.05) is 0 Å². The first kappa shape index (κ1) is 21.1. The normalized spacial score (nSPS) is 22.2. The fraction of sp³-hybridized carbons (Fsp3) is 0.529. The van der Waals surface area contributed by atoms with E-state index in [-0.39, 0.29) is 11.5 Å². The minimum atomic E-state index is -3.96. The third-order valence-electron chi connectivity index (χ3n) is 3.90. The number of rotatable bonds is 1. The van der Waals surface area contributed by atoms with E-state index in [9.17, 15) is 22.0 Å². The van der Waals surface area contributed by atoms with Gasteiger partial charge in [-0.2, -0.15) is 0 Å². The molecule has 1 heterocycles. The zero-order valence-corrected chi connectivity index (χ0v) is 16.9. The molecule has 1 atom stereocenters. The highest BCUT2D eigenvalue weighted by Crippen LogP contribution is 2.35. The van der Waals surface area contributed by atoms with Gasteiger partial charge in [-0.05, 0) is 46.2 Å². The Balaban J connectivity index is 2.54. The minimum Gasteiger partial charge on any atom is -0.444 e. The van der Waals surface area contributed by atoms with Crippen LogP contribution in [0.4, 0.5) is 13.6 Å². The molecule has 1 aliphatic rings. The highest BCUT2D eigenvalue weighted by molar-refractivity contribution is 7.89. The Bertz CT molecular complexity index is 909. The topological polar surface area (TPSA) is 88.1 Å². The second-order valence-electron chi connectivity index (χ2n) is 7.67. The van der Waals surface area contributed by atoms with Crippen molar-refractivity contribution in [3.8, 4) is 0 Å². The molecular weight excluding hydrogens is 380 g/mol. The van der Waals surface area contributed by atoms with E-state index in [0.29, 0.717) is 5.56 Å². The number of carbonyl (C=O) groups is 1. The smallest absolute Gasteiger partial charge is 0.414 e. The predicted octanol–water partition coefficient (Wildman–Crippen LogP) is 2.64. The minimum absolute atomic E-state index is 0.208. The number of aryl methyl sites for hydroxylation is 1. The van der Waals surface area contributed by atoms with Crippen molar-refractivity contribution >= 4 is 22.1 Å². The quantitative estimate of drug-likeness (QED) is 0.781. The van der Waals surface area contributed by atoms with E-state index >= 15 is 0 Å². The van der Waals surface area contributed by atoms with Crippen LogP contribution in [0.1, 0.15) is 38.8 Å². The third-order valence-corrected chi connectivity index (χ3v) is 5.83. The molecule has 0 saturated heterocycles. The van der Waals surface area contributed by atoms with Gasteiger partial charge in [0.1, 0.15) is 11.1 Å². The van der Waals surface area contributed by atoms with E-state index in [1.165, 1.54) is 20.0 Å². The summed E-state index contributed by atoms with van der Waals surface area (Å²) in [4.78, 5) is 16.3. The van der Waals surface area contributed by atoms with Crippen molar-refractivity contribution in [3.63, 3.8) is 0 Å². The molecule has 150 valence electrons. The number of amides is 1. The Morgan fingerprint density at radius 1 is 1.33 bits per heavy atom. The van der Waals surface area contributed by atoms with Gasteiger partial charge in [-0.15, -0.1) is 0 Å². The van der Waals surface area contributed by atoms with Crippen LogP contribution in [0.3, 0.4) is 0 Å². The van der Waals surface area contributed by atoms with E-state index in [1.54, 1.807) is 27.7 Å². The number of guanidine groups is 1. The number of nitrogens with one attached hydrogen (secondary N) is 1. The van der Waals surface area contributed by atoms with Gasteiger partial charge < -0.3 is 4.74 Å². The van der Waals surface area contributed by atoms with Gasteiger partial charge in [-0.1, -0.05) is 6.07 Å². The summed E-state index contributed by atoms with van der Waals surface area (Å²) in [6.07, 6.45) is -0.913. The molecule has 1 N–H and O–H groups in total. The number of nitrogens with zero attached hydrogens (tertiary/aromatic N) is 2. The molecule has 2 rings (SSSR count). The lowest BCUT2D eigenvalue weighted by Crippen LogP contribution is -2.54. The largest absolute Gasteiger partial charge is 0.444 e. The van der Waals surface area contributed by atoms with Crippen LogP contribution in [0.25, 0.3) is 0 Å². The van der Waals surface area contributed by atoms with Crippen LogP contribution in [-0.4, -0.2) is 43.2 Å². The van der Waals surface area contributed by atoms with Crippen LogP contribution < -0.4 is 5.32 Å². The highest BCUT2D eigenvalue weighted by Gasteiger charge is 2.43. The zero-order chi connectivity index (χ0) is 20.8. The van der Waals surface area contributed by atoms with Crippen LogP contribution in [0.5, 0.6) is 0 Å². The average Bonchev–Trinajstić information content (AvgIpc) is 2.45. The molecule has 0 radical (unpaired) electrons. The Morgan fingerprint density at radius 3 is 2.48 bits per heavy atom. The standard InChI is InChI=1S/C17H23F2N3O4S/c1-10-7-11(13(19)12(18)8-10)17(5)9-27(24,25)22(6)14(21-17)20-15(23)26-16(2,3)4/h7-8H,9H2,1-6H3,(H,20,21,23)/t17-/m0/s1. The zero-order valence-electron chi connectivity index (χ0n) is 16.1. The summed E-state index contributed by atoms with van der Waals surface area (Å²) in [5, 5.41) is 2.27. The van der Waals surface area contributed by atoms with Gasteiger partial charge in [-0.3, -0.25) is 5.32 Å². The highest BCUT2D eigenvalue weighted by atomic mass is 32.2. The number of benzene rings is 1. The van der Waals surface area contributed by atoms with Gasteiger partial charge in [0, 0.05) is 12.6 Å². The van der Waals surface area contributed by atoms with Gasteiger partial charge in [0.05, 0.1) is 5.75 Å². The summed E-state index contributed by atoms with van der Waals surface area (Å²) in [6.45, 7) is 7.86. The van der Waals surface area contributed by atoms with Crippen molar-refractivity contribution in [2.45, 2.75) is 45.8 Å². The first-order valence-electron chi connectivity index (χ1n) is 8.17. The van der Waals surface area contributed by atoms with Crippen molar-refractivity contribution < 1.29 is 26.7 Å². The number of alkyl carbamates (subject to hydrolysis) is 1. The van der Waals surface area contributed by atoms with E-state index < -0.39 is 44.6 Å². The molecular formula is C17H23F2N3O4S. The molecule has 0 spiro atoms. The molecule has 1 aliphatic heterocycles. The SMILES string of the molecule is Cc1cc(F)c(F)c([C@]2(C)CS(=O)(=O)N(C)C(NC(=O)OC(C)(C)C)=N2)c1. The second kappa shape index (κ2) is 6.74. The summed E-state index contributed by atoms with van der Waals surface area (Å²) in [7, 11) is -2.75. The van der Waals surface area contributed by atoms with Gasteiger partial charge in [-0.25, -0.2) is 31.3 Å². The van der Waals surface area contributed by atoms with Gasteiger partial charge in [0.25, 0.3) is 0 Å². The van der Waals surface area contributed by atoms with Crippen molar-refractivity contribution in [2.75, 3.05) is 12.8 Å². The number of sulfonamides is 1. The van der Waals surface area contributed by atoms with Gasteiger partial charge >= 0.3 is 6.09 Å². The molecule has 7 nitrogen and oxygen atoms in total. The average molecular weight is 403 g/mol. The lowest BCUT2D eigenvalue weighted by atomic mass is 9.92. The fourth-order valence-corrected chi connectivity index (χ4v) is 4.15. The second-order valence-corrected chi connectivity index (χ2v) is 9.67. The maximum atomic E-state index is 14.4. The molecule has 1 amide bonds. The monoisotopic (exact) mass is 403 g/mol. The summed E-state index contributed by atoms with van der Waals surface area (Å²) < 4.78 is 59.3. The molecule has 0 saturated carbocycles. The van der Waals surface area contributed by atoms with Gasteiger partial charge in [0.15, 0.2) is 11.6 Å². The van der Waals surface area contributed by atoms with Crippen LogP contribution in [0.2, 0.25) is 0 Å². The molecule has 0 fully saturated rings. The molecule has 27 heavy (non-hydrogen) atoms. The maximum Gasteiger partial charge on any atom is 0.414 e. The molecule has 1 aromatic carbocycles. The van der Waals surface area contributed by atoms with Gasteiger partial charge in [0.2, 0.25) is 16.0 Å². The first-order chi connectivity index (χ1) is 12.1. The molecule has 0 aliphatic carbocycles. The van der Waals surface area contributed by atoms with E-state index in [4.69, 9.17) is 4.74 Å². The number of halogens is 2. The summed E-state index contributed by atoms with van der Waals surface area (Å²) in [5.41, 5.74) is -2.24. The van der Waals surface area contributed by atoms with Crippen LogP contribution in [0, 0.1) is 18.6 Å². The summed E-state index contributed by atoms with van der Waals surface area (Å²) >= 11 is 0. The number of aliphatic imine (C=N–C) groups is 1. The summed E-state index contributed by atoms with van der Waals surface area (Å²) in [5.74, 6) is -3.20. The van der Waals surface area contributed by atoms with Crippen molar-refractivity contribution in [3.05, 3.63) is 34.9 Å². The van der Waals surface area contributed by atoms with Crippen LogP contribution in [0.15, 0.2) is 17.1 Å². The molecule has 1 aromatic rings. The molecule has 0 bridgehead atoms. The van der Waals surface area contributed by atoms with Crippen LogP contribution >= 0.6 is 0 Å². The number of ether oxygens (including phenoxy) is 1. The molecule has 0 unspecified atom stereocenters. The molecule has 10 heteroatoms. The Kier molecular flexibility index (Phi) is 5.26. The van der Waals surface area contributed by atoms with Crippen molar-refractivity contribution in [2.24, 2.45) is 4.99 Å². The number of carbonyl (C=O) groups excluding carboxylic acids is 1.